The van der Waals surface area contributed by atoms with Crippen LogP contribution in [0.25, 0.3) is 11.0 Å². The quantitative estimate of drug-likeness (QED) is 0.0219. The van der Waals surface area contributed by atoms with Gasteiger partial charge in [-0.2, -0.15) is 0 Å². The van der Waals surface area contributed by atoms with Crippen molar-refractivity contribution < 1.29 is 125 Å². The van der Waals surface area contributed by atoms with Crippen LogP contribution in [0.4, 0.5) is 15.3 Å². The summed E-state index contributed by atoms with van der Waals surface area (Å²) >= 11 is 0. The molecule has 47 heteroatoms. The van der Waals surface area contributed by atoms with Crippen LogP contribution >= 0.6 is 7.82 Å². The molecule has 7 aliphatic rings. The van der Waals surface area contributed by atoms with E-state index in [0.29, 0.717) is 100 Å². The highest BCUT2D eigenvalue weighted by Crippen LogP contribution is 2.63. The first-order valence-corrected chi connectivity index (χ1v) is 49.5. The third-order valence-corrected chi connectivity index (χ3v) is 29.9. The van der Waals surface area contributed by atoms with Gasteiger partial charge in [0.05, 0.1) is 81.1 Å². The van der Waals surface area contributed by atoms with E-state index in [2.05, 4.69) is 31.6 Å². The fourth-order valence-electron chi connectivity index (χ4n) is 20.9. The largest absolute Gasteiger partial charge is 0.508 e. The number of phosphoric ester groups is 1. The molecule has 0 radical (unpaired) electrons. The summed E-state index contributed by atoms with van der Waals surface area (Å²) in [5.74, 6) is -10.8. The summed E-state index contributed by atoms with van der Waals surface area (Å²) in [4.78, 5) is 196. The zero-order valence-corrected chi connectivity index (χ0v) is 83.7. The fraction of sp³-hybridized carbons (Fsp3) is 0.642. The van der Waals surface area contributed by atoms with Crippen molar-refractivity contribution >= 4 is 113 Å². The number of fused-ring (bicyclic) bond motifs is 7. The molecule has 5 unspecified atom stereocenters. The molecule has 15 atom stereocenters. The van der Waals surface area contributed by atoms with Gasteiger partial charge in [-0.1, -0.05) is 34.6 Å². The van der Waals surface area contributed by atoms with Gasteiger partial charge in [0.1, 0.15) is 30.7 Å². The average Bonchev–Trinajstić information content (AvgIpc) is 1.52. The van der Waals surface area contributed by atoms with Gasteiger partial charge < -0.3 is 120 Å². The van der Waals surface area contributed by atoms with Gasteiger partial charge in [0.2, 0.25) is 41.4 Å². The maximum atomic E-state index is 14.7. The van der Waals surface area contributed by atoms with E-state index in [1.54, 1.807) is 34.6 Å². The van der Waals surface area contributed by atoms with Gasteiger partial charge in [0, 0.05) is 228 Å². The molecule has 2 aromatic carbocycles. The molecular weight excluding hydrogens is 1870 g/mol. The second-order valence-corrected chi connectivity index (χ2v) is 40.8. The minimum Gasteiger partial charge on any atom is -0.508 e. The van der Waals surface area contributed by atoms with E-state index in [0.717, 1.165) is 11.1 Å². The first kappa shape index (κ1) is 113. The lowest BCUT2D eigenvalue weighted by Gasteiger charge is -2.48. The number of nitrogens with one attached hydrogen (secondary N) is 5. The molecule has 46 nitrogen and oxygen atoms in total. The zero-order chi connectivity index (χ0) is 104. The molecular formula is C95H143N20O26P. The van der Waals surface area contributed by atoms with E-state index in [9.17, 15) is 92.5 Å². The number of hydrogen-bond acceptors (Lipinski definition) is 31. The lowest BCUT2D eigenvalue weighted by Crippen LogP contribution is -2.56. The number of carbonyl (C=O) groups excluding carboxylic acids is 9. The number of amides is 10. The monoisotopic (exact) mass is 2010 g/mol. The molecule has 23 N–H and O–H groups in total. The molecule has 3 fully saturated rings. The summed E-state index contributed by atoms with van der Waals surface area (Å²) in [6.45, 7) is 22.3. The summed E-state index contributed by atoms with van der Waals surface area (Å²) in [5, 5.41) is 66.4. The third-order valence-electron chi connectivity index (χ3n) is 28.8. The first-order valence-electron chi connectivity index (χ1n) is 48.0. The number of primary amides is 6. The van der Waals surface area contributed by atoms with Crippen LogP contribution < -0.4 is 61.0 Å². The predicted molar refractivity (Wildman–Crippen MR) is 520 cm³/mol. The number of aromatic hydroxyl groups is 1. The number of nitrogens with two attached hydrogens (primary N) is 6. The number of allylic oxidation sites excluding steroid dienone is 6. The fourth-order valence-corrected chi connectivity index (χ4v) is 22.1. The van der Waals surface area contributed by atoms with Crippen molar-refractivity contribution in [3.8, 4) is 5.75 Å². The normalized spacial score (nSPS) is 26.1. The van der Waals surface area contributed by atoms with Crippen molar-refractivity contribution in [1.82, 2.24) is 50.4 Å². The molecule has 10 rings (SSSR count). The summed E-state index contributed by atoms with van der Waals surface area (Å²) in [5.41, 5.74) is 37.7. The lowest BCUT2D eigenvalue weighted by atomic mass is 9.55. The second kappa shape index (κ2) is 49.3. The van der Waals surface area contributed by atoms with Gasteiger partial charge in [-0.25, -0.2) is 19.1 Å². The number of aryl methyl sites for hydroxylation is 2. The van der Waals surface area contributed by atoms with Crippen LogP contribution in [0.5, 0.6) is 5.75 Å². The van der Waals surface area contributed by atoms with Crippen molar-refractivity contribution in [2.24, 2.45) is 94.7 Å². The number of benzene rings is 2. The molecule has 1 aromatic heterocycles. The van der Waals surface area contributed by atoms with Gasteiger partial charge in [-0.3, -0.25) is 91.6 Å². The number of ether oxygens (including phenoxy) is 5. The van der Waals surface area contributed by atoms with Gasteiger partial charge in [-0.15, -0.1) is 0 Å². The SMILES string of the molecule is CC1=C2N=C(C=C3NC(=C(C)C4=N[C@@](C)(C5N=C1[C@](C)(CCC(=O)NCC(C)OP(=O)(O)OC1C(O)[C@@H](n6cnc7cc(C)c(C)cc76)O[C@@H]1COC(=O)NCCCOCCOCCOCCCNC(=O)Nc1ccc(O)c(CN6CCN(CC(=O)O)CCN(CC(=O)O)CCN(CC(=O)O)CC6)c1)[C@H]5CC(N)=O)[C@@](C)(CC(N)=O)[C@@H]4CCC(N)=O)[C@@](C)(CC(N)=O)[C@@H]3CCC(N)=O)C(C)(C)[C@@H]2CCC(N)=O. The number of urea groups is 1. The highest BCUT2D eigenvalue weighted by atomic mass is 31.2. The molecule has 784 valence electrons. The maximum absolute atomic E-state index is 14.7. The minimum absolute atomic E-state index is 0.0317. The van der Waals surface area contributed by atoms with Gasteiger partial charge in [0.15, 0.2) is 6.23 Å². The number of aliphatic hydroxyl groups is 1. The number of aliphatic hydroxyl groups excluding tert-OH is 1. The van der Waals surface area contributed by atoms with Gasteiger partial charge >= 0.3 is 37.9 Å². The molecule has 10 amide bonds. The molecule has 8 heterocycles. The van der Waals surface area contributed by atoms with Crippen LogP contribution in [-0.4, -0.2) is 322 Å². The number of rotatable bonds is 50. The molecule has 8 bridgehead atoms. The Morgan fingerprint density at radius 3 is 1.74 bits per heavy atom. The summed E-state index contributed by atoms with van der Waals surface area (Å²) in [6, 6.07) is 6.65. The summed E-state index contributed by atoms with van der Waals surface area (Å²) in [6.07, 6.45) is -5.61. The van der Waals surface area contributed by atoms with E-state index in [1.165, 1.54) is 30.0 Å². The number of phenols is 1. The van der Waals surface area contributed by atoms with E-state index in [4.69, 9.17) is 82.1 Å². The Labute approximate surface area is 824 Å². The van der Waals surface area contributed by atoms with E-state index in [1.807, 2.05) is 78.5 Å². The Bertz CT molecular complexity index is 5360. The Hall–Kier alpha value is -11.3. The molecule has 142 heavy (non-hydrogen) atoms. The molecule has 0 saturated carbocycles. The molecule has 3 aromatic rings. The predicted octanol–water partition coefficient (Wildman–Crippen LogP) is 3.23. The Morgan fingerprint density at radius 1 is 0.641 bits per heavy atom. The number of phenolic OH excluding ortho intramolecular Hbond substituents is 1. The number of aromatic nitrogens is 2. The molecule has 0 aliphatic carbocycles. The molecule has 7 aliphatic heterocycles. The summed E-state index contributed by atoms with van der Waals surface area (Å²) in [7, 11) is -5.29. The van der Waals surface area contributed by atoms with Crippen LogP contribution in [0, 0.1) is 59.2 Å². The number of aliphatic carboxylic acids is 3. The Balaban J connectivity index is 0.733. The van der Waals surface area contributed by atoms with Crippen molar-refractivity contribution in [2.45, 2.75) is 208 Å². The zero-order valence-electron chi connectivity index (χ0n) is 82.8. The standard InChI is InChI=1S/C95H143N20O26P/c1-54-40-66-67(41-55(54)2)115(53-105-66)88-83(130)84(69(139-88)52-138-90(132)103-25-13-35-136-37-39-137-38-36-135-34-12-24-102-89(131)106-60-14-18-68(116)59(42-60)48-111-26-28-112(49-78(124)125)30-32-114(51-80(128)129)33-31-113(29-27-111)50-79(126)127)141-142(133,134)140-56(3)47-104-77(123)22-23-92(8)64(43-74(99)120)87-95(11)94(10,46-76(101)122)63(17-21-73(98)119)82(110-95)58(5)86-93(9,45-75(100)121)61(15-19-71(96)117)65(107-86)44-70-91(6,7)62(16-20-72(97)118)81(108-70)57(4)85(92)109-87/h14,18,40-42,44,53,56,61-64,69,83-84,87-88,107,116,130H,12-13,15-17,19-39,43,45-52H2,1-11H3,(H2,96,117)(H2,97,118)(H2,98,119)(H2,99,120)(H2,100,121)(H2,101,122)(H,103,132)(H,104,123)(H,124,125)(H,126,127)(H,128,129)(H,133,134)(H2,102,106,131)/t56?,61-,62-,63-,64+,69-,83?,84?,87?,88+,92-,93+,94+,95+/m1/s1. The number of hydrogen-bond donors (Lipinski definition) is 17. The Kier molecular flexibility index (Phi) is 39.2. The first-order chi connectivity index (χ1) is 66.9. The van der Waals surface area contributed by atoms with E-state index < -0.39 is 180 Å². The van der Waals surface area contributed by atoms with Crippen molar-refractivity contribution in [1.29, 1.82) is 0 Å². The average molecular weight is 2010 g/mol. The number of nitrogens with zero attached hydrogens (tertiary/aromatic N) is 9. The number of carboxylic acids is 3. The van der Waals surface area contributed by atoms with Crippen molar-refractivity contribution in [2.75, 3.05) is 143 Å². The number of anilines is 1. The van der Waals surface area contributed by atoms with Crippen LogP contribution in [0.15, 0.2) is 85.9 Å². The Morgan fingerprint density at radius 2 is 1.18 bits per heavy atom. The van der Waals surface area contributed by atoms with Crippen LogP contribution in [0.1, 0.15) is 169 Å². The smallest absolute Gasteiger partial charge is 0.472 e. The van der Waals surface area contributed by atoms with Crippen LogP contribution in [-0.2, 0) is 91.8 Å². The van der Waals surface area contributed by atoms with Crippen LogP contribution in [0.2, 0.25) is 0 Å². The van der Waals surface area contributed by atoms with Gasteiger partial charge in [0.25, 0.3) is 0 Å². The number of carbonyl (C=O) groups is 12. The third kappa shape index (κ3) is 28.9. The summed E-state index contributed by atoms with van der Waals surface area (Å²) < 4.78 is 56.3. The molecule has 0 spiro atoms. The second-order valence-electron chi connectivity index (χ2n) is 39.5. The lowest BCUT2D eigenvalue weighted by molar-refractivity contribution is -0.140. The van der Waals surface area contributed by atoms with Crippen molar-refractivity contribution in [3.05, 3.63) is 87.7 Å². The highest BCUT2D eigenvalue weighted by molar-refractivity contribution is 7.47. The van der Waals surface area contributed by atoms with Crippen LogP contribution in [0.3, 0.4) is 0 Å². The van der Waals surface area contributed by atoms with E-state index in [-0.39, 0.29) is 188 Å². The number of carboxylic acid groups (broad SMARTS) is 3. The minimum atomic E-state index is -5.29. The van der Waals surface area contributed by atoms with E-state index >= 15 is 0 Å². The number of imidazole rings is 1. The highest BCUT2D eigenvalue weighted by Gasteiger charge is 2.67. The topological polar surface area (TPSA) is 692 Å². The number of aliphatic imine (C=N–C) groups is 3. The molecule has 3 saturated heterocycles. The maximum Gasteiger partial charge on any atom is 0.472 e. The van der Waals surface area contributed by atoms with Crippen molar-refractivity contribution in [3.63, 3.8) is 0 Å². The number of alkyl carbamates (subject to hydrolysis) is 1. The van der Waals surface area contributed by atoms with Gasteiger partial charge in [-0.05, 0) is 139 Å². The number of phosphoric acid groups is 1.